The molecule has 0 saturated carbocycles. The maximum atomic E-state index is 11.0. The molecule has 0 N–H and O–H groups in total. The molecule has 0 spiro atoms. The number of unbranched alkanes of at least 4 members (excludes halogenated alkanes) is 3. The normalized spacial score (nSPS) is 10.0. The minimum atomic E-state index is -0.149. The molecule has 0 radical (unpaired) electrons. The Labute approximate surface area is 80.4 Å². The summed E-state index contributed by atoms with van der Waals surface area (Å²) in [7, 11) is 0. The van der Waals surface area contributed by atoms with E-state index in [2.05, 4.69) is 6.92 Å². The van der Waals surface area contributed by atoms with Crippen LogP contribution < -0.4 is 0 Å². The lowest BCUT2D eigenvalue weighted by molar-refractivity contribution is -0.155. The van der Waals surface area contributed by atoms with E-state index in [-0.39, 0.29) is 12.8 Å². The fraction of sp³-hybridized carbons (Fsp3) is 0.900. The van der Waals surface area contributed by atoms with Gasteiger partial charge in [0.05, 0.1) is 0 Å². The maximum absolute atomic E-state index is 11.0. The minimum Gasteiger partial charge on any atom is -0.438 e. The number of carbonyl (C=O) groups is 1. The molecule has 0 bridgehead atoms. The molecule has 0 saturated heterocycles. The number of hydrogen-bond donors (Lipinski definition) is 0. The second-order valence-corrected chi connectivity index (χ2v) is 2.94. The highest BCUT2D eigenvalue weighted by Gasteiger charge is 2.00. The zero-order chi connectivity index (χ0) is 9.94. The van der Waals surface area contributed by atoms with Gasteiger partial charge in [-0.05, 0) is 13.3 Å². The lowest BCUT2D eigenvalue weighted by Crippen LogP contribution is -2.07. The zero-order valence-electron chi connectivity index (χ0n) is 8.67. The van der Waals surface area contributed by atoms with E-state index >= 15 is 0 Å². The molecule has 0 aliphatic heterocycles. The van der Waals surface area contributed by atoms with Gasteiger partial charge in [0.2, 0.25) is 0 Å². The minimum absolute atomic E-state index is 0.100. The van der Waals surface area contributed by atoms with Crippen molar-refractivity contribution < 1.29 is 14.3 Å². The fourth-order valence-electron chi connectivity index (χ4n) is 0.959. The summed E-state index contributed by atoms with van der Waals surface area (Å²) in [5.41, 5.74) is 0. The Morgan fingerprint density at radius 3 is 2.54 bits per heavy atom. The lowest BCUT2D eigenvalue weighted by atomic mass is 10.2. The van der Waals surface area contributed by atoms with Crippen LogP contribution in [0.15, 0.2) is 0 Å². The summed E-state index contributed by atoms with van der Waals surface area (Å²) in [5, 5.41) is 0. The van der Waals surface area contributed by atoms with Gasteiger partial charge in [-0.15, -0.1) is 0 Å². The average Bonchev–Trinajstić information content (AvgIpc) is 2.13. The van der Waals surface area contributed by atoms with Crippen LogP contribution in [0.4, 0.5) is 0 Å². The van der Waals surface area contributed by atoms with Crippen LogP contribution in [0.3, 0.4) is 0 Å². The molecule has 0 rings (SSSR count). The van der Waals surface area contributed by atoms with Crippen LogP contribution in [0.5, 0.6) is 0 Å². The predicted molar refractivity (Wildman–Crippen MR) is 51.3 cm³/mol. The van der Waals surface area contributed by atoms with Crippen molar-refractivity contribution >= 4 is 5.97 Å². The van der Waals surface area contributed by atoms with E-state index in [1.54, 1.807) is 0 Å². The molecule has 0 aromatic heterocycles. The molecular weight excluding hydrogens is 168 g/mol. The van der Waals surface area contributed by atoms with E-state index in [0.717, 1.165) is 12.8 Å². The third-order valence-corrected chi connectivity index (χ3v) is 1.74. The van der Waals surface area contributed by atoms with Crippen LogP contribution in [-0.2, 0) is 14.3 Å². The van der Waals surface area contributed by atoms with Crippen LogP contribution >= 0.6 is 0 Å². The number of hydrogen-bond acceptors (Lipinski definition) is 3. The second-order valence-electron chi connectivity index (χ2n) is 2.94. The highest BCUT2D eigenvalue weighted by atomic mass is 16.7. The van der Waals surface area contributed by atoms with E-state index in [9.17, 15) is 4.79 Å². The topological polar surface area (TPSA) is 35.5 Å². The third-order valence-electron chi connectivity index (χ3n) is 1.74. The molecule has 0 aromatic rings. The summed E-state index contributed by atoms with van der Waals surface area (Å²) in [6.45, 7) is 4.70. The largest absolute Gasteiger partial charge is 0.438 e. The maximum Gasteiger partial charge on any atom is 0.307 e. The van der Waals surface area contributed by atoms with E-state index in [0.29, 0.717) is 13.0 Å². The third kappa shape index (κ3) is 9.34. The van der Waals surface area contributed by atoms with Crippen molar-refractivity contribution in [1.82, 2.24) is 0 Å². The van der Waals surface area contributed by atoms with E-state index in [1.165, 1.54) is 12.8 Å². The van der Waals surface area contributed by atoms with Gasteiger partial charge in [0.25, 0.3) is 0 Å². The van der Waals surface area contributed by atoms with Gasteiger partial charge >= 0.3 is 5.97 Å². The van der Waals surface area contributed by atoms with Crippen molar-refractivity contribution in [3.05, 3.63) is 0 Å². The molecule has 3 heteroatoms. The Hall–Kier alpha value is -0.570. The molecule has 0 amide bonds. The van der Waals surface area contributed by atoms with Crippen molar-refractivity contribution in [1.29, 1.82) is 0 Å². The average molecular weight is 188 g/mol. The van der Waals surface area contributed by atoms with E-state index < -0.39 is 0 Å². The van der Waals surface area contributed by atoms with E-state index in [4.69, 9.17) is 9.47 Å². The Kier molecular flexibility index (Phi) is 9.10. The Balaban J connectivity index is 3.11. The van der Waals surface area contributed by atoms with Crippen molar-refractivity contribution in [3.63, 3.8) is 0 Å². The van der Waals surface area contributed by atoms with Gasteiger partial charge in [-0.1, -0.05) is 26.2 Å². The summed E-state index contributed by atoms with van der Waals surface area (Å²) in [6.07, 6.45) is 4.94. The summed E-state index contributed by atoms with van der Waals surface area (Å²) < 4.78 is 9.69. The number of rotatable bonds is 8. The SMILES string of the molecule is CCCCCCC(=O)OCOCC. The van der Waals surface area contributed by atoms with Gasteiger partial charge < -0.3 is 9.47 Å². The Morgan fingerprint density at radius 2 is 1.92 bits per heavy atom. The Morgan fingerprint density at radius 1 is 1.15 bits per heavy atom. The fourth-order valence-corrected chi connectivity index (χ4v) is 0.959. The molecule has 78 valence electrons. The van der Waals surface area contributed by atoms with Gasteiger partial charge in [0.15, 0.2) is 6.79 Å². The molecule has 0 aliphatic rings. The summed E-state index contributed by atoms with van der Waals surface area (Å²) >= 11 is 0. The smallest absolute Gasteiger partial charge is 0.307 e. The first-order chi connectivity index (χ1) is 6.31. The number of carbonyl (C=O) groups excluding carboxylic acids is 1. The predicted octanol–water partition coefficient (Wildman–Crippen LogP) is 2.49. The van der Waals surface area contributed by atoms with Crippen LogP contribution in [0.1, 0.15) is 46.0 Å². The molecule has 0 unspecified atom stereocenters. The van der Waals surface area contributed by atoms with Gasteiger partial charge in [-0.2, -0.15) is 0 Å². The highest BCUT2D eigenvalue weighted by Crippen LogP contribution is 2.03. The molecule has 0 aliphatic carbocycles. The molecule has 0 atom stereocenters. The summed E-state index contributed by atoms with van der Waals surface area (Å²) in [6, 6.07) is 0. The van der Waals surface area contributed by atoms with Crippen LogP contribution in [0, 0.1) is 0 Å². The number of esters is 1. The van der Waals surface area contributed by atoms with Crippen molar-refractivity contribution in [3.8, 4) is 0 Å². The monoisotopic (exact) mass is 188 g/mol. The van der Waals surface area contributed by atoms with Crippen LogP contribution in [0.2, 0.25) is 0 Å². The summed E-state index contributed by atoms with van der Waals surface area (Å²) in [5.74, 6) is -0.149. The molecular formula is C10H20O3. The van der Waals surface area contributed by atoms with Crippen molar-refractivity contribution in [2.75, 3.05) is 13.4 Å². The van der Waals surface area contributed by atoms with E-state index in [1.807, 2.05) is 6.92 Å². The van der Waals surface area contributed by atoms with Gasteiger partial charge in [0.1, 0.15) is 0 Å². The summed E-state index contributed by atoms with van der Waals surface area (Å²) in [4.78, 5) is 11.0. The Bertz CT molecular complexity index is 123. The van der Waals surface area contributed by atoms with Gasteiger partial charge in [-0.3, -0.25) is 4.79 Å². The highest BCUT2D eigenvalue weighted by molar-refractivity contribution is 5.69. The molecule has 0 fully saturated rings. The van der Waals surface area contributed by atoms with Crippen LogP contribution in [0.25, 0.3) is 0 Å². The number of ether oxygens (including phenoxy) is 2. The second kappa shape index (κ2) is 9.52. The van der Waals surface area contributed by atoms with Gasteiger partial charge in [-0.25, -0.2) is 0 Å². The van der Waals surface area contributed by atoms with Crippen molar-refractivity contribution in [2.24, 2.45) is 0 Å². The van der Waals surface area contributed by atoms with Crippen LogP contribution in [-0.4, -0.2) is 19.4 Å². The zero-order valence-corrected chi connectivity index (χ0v) is 8.67. The first-order valence-electron chi connectivity index (χ1n) is 5.04. The van der Waals surface area contributed by atoms with Gasteiger partial charge in [0, 0.05) is 13.0 Å². The first kappa shape index (κ1) is 12.4. The standard InChI is InChI=1S/C10H20O3/c1-3-5-6-7-8-10(11)13-9-12-4-2/h3-9H2,1-2H3. The molecule has 3 nitrogen and oxygen atoms in total. The lowest BCUT2D eigenvalue weighted by Gasteiger charge is -2.03. The molecule has 0 aromatic carbocycles. The molecule has 13 heavy (non-hydrogen) atoms. The van der Waals surface area contributed by atoms with Crippen molar-refractivity contribution in [2.45, 2.75) is 46.0 Å². The quantitative estimate of drug-likeness (QED) is 0.333. The first-order valence-corrected chi connectivity index (χ1v) is 5.04. The molecule has 0 heterocycles.